The molecule has 1 aliphatic heterocycles. The molecule has 24 heavy (non-hydrogen) atoms. The van der Waals surface area contributed by atoms with Gasteiger partial charge in [-0.3, -0.25) is 9.69 Å². The summed E-state index contributed by atoms with van der Waals surface area (Å²) in [5, 5.41) is 11.3. The van der Waals surface area contributed by atoms with Crippen LogP contribution in [0.3, 0.4) is 0 Å². The van der Waals surface area contributed by atoms with E-state index in [2.05, 4.69) is 10.2 Å². The van der Waals surface area contributed by atoms with Gasteiger partial charge in [0, 0.05) is 12.6 Å². The first-order valence-corrected chi connectivity index (χ1v) is 7.84. The number of carbonyl (C=O) groups is 1. The quantitative estimate of drug-likeness (QED) is 0.917. The number of carbonyl (C=O) groups excluding carboxylic acids is 1. The van der Waals surface area contributed by atoms with E-state index in [1.165, 1.54) is 12.1 Å². The van der Waals surface area contributed by atoms with Crippen LogP contribution in [-0.4, -0.2) is 30.9 Å². The Hall–Kier alpha value is -2.07. The lowest BCUT2D eigenvalue weighted by Crippen LogP contribution is -2.41. The molecular formula is C17H20F3N3O. The van der Waals surface area contributed by atoms with Crippen molar-refractivity contribution in [3.05, 3.63) is 35.4 Å². The van der Waals surface area contributed by atoms with Crippen LogP contribution in [0.4, 0.5) is 13.2 Å². The summed E-state index contributed by atoms with van der Waals surface area (Å²) in [7, 11) is 1.94. The molecule has 130 valence electrons. The SMILES string of the molecule is CN1CCCC(CNC(=O)CC#N)C1c1ccc(C(F)(F)F)cc1. The molecule has 2 rings (SSSR count). The van der Waals surface area contributed by atoms with Crippen molar-refractivity contribution < 1.29 is 18.0 Å². The summed E-state index contributed by atoms with van der Waals surface area (Å²) in [6.07, 6.45) is -2.69. The van der Waals surface area contributed by atoms with Crippen molar-refractivity contribution in [2.75, 3.05) is 20.1 Å². The van der Waals surface area contributed by atoms with Crippen molar-refractivity contribution in [2.45, 2.75) is 31.5 Å². The van der Waals surface area contributed by atoms with E-state index < -0.39 is 11.7 Å². The van der Waals surface area contributed by atoms with Crippen LogP contribution >= 0.6 is 0 Å². The van der Waals surface area contributed by atoms with Crippen molar-refractivity contribution in [1.29, 1.82) is 5.26 Å². The maximum atomic E-state index is 12.7. The highest BCUT2D eigenvalue weighted by Crippen LogP contribution is 2.36. The molecule has 0 bridgehead atoms. The van der Waals surface area contributed by atoms with Gasteiger partial charge in [0.1, 0.15) is 6.42 Å². The third kappa shape index (κ3) is 4.48. The molecule has 1 aromatic rings. The molecule has 2 atom stereocenters. The minimum Gasteiger partial charge on any atom is -0.355 e. The van der Waals surface area contributed by atoms with E-state index >= 15 is 0 Å². The van der Waals surface area contributed by atoms with Gasteiger partial charge in [0.2, 0.25) is 5.91 Å². The van der Waals surface area contributed by atoms with Gasteiger partial charge in [0.15, 0.2) is 0 Å². The van der Waals surface area contributed by atoms with E-state index in [-0.39, 0.29) is 24.3 Å². The second kappa shape index (κ2) is 7.67. The molecule has 0 aliphatic carbocycles. The molecule has 1 amide bonds. The predicted octanol–water partition coefficient (Wildman–Crippen LogP) is 3.12. The van der Waals surface area contributed by atoms with Gasteiger partial charge in [-0.15, -0.1) is 0 Å². The molecule has 1 heterocycles. The molecular weight excluding hydrogens is 319 g/mol. The van der Waals surface area contributed by atoms with Gasteiger partial charge in [-0.25, -0.2) is 0 Å². The third-order valence-electron chi connectivity index (χ3n) is 4.39. The van der Waals surface area contributed by atoms with Crippen LogP contribution in [0.25, 0.3) is 0 Å². The fourth-order valence-corrected chi connectivity index (χ4v) is 3.25. The van der Waals surface area contributed by atoms with Crippen molar-refractivity contribution >= 4 is 5.91 Å². The summed E-state index contributed by atoms with van der Waals surface area (Å²) in [6.45, 7) is 1.27. The molecule has 0 saturated carbocycles. The van der Waals surface area contributed by atoms with Crippen molar-refractivity contribution in [3.63, 3.8) is 0 Å². The number of piperidine rings is 1. The minimum atomic E-state index is -4.35. The van der Waals surface area contributed by atoms with E-state index in [1.54, 1.807) is 6.07 Å². The number of alkyl halides is 3. The van der Waals surface area contributed by atoms with E-state index in [1.807, 2.05) is 7.05 Å². The standard InChI is InChI=1S/C17H20F3N3O/c1-23-10-2-3-13(11-22-15(24)8-9-21)16(23)12-4-6-14(7-5-12)17(18,19)20/h4-7,13,16H,2-3,8,10-11H2,1H3,(H,22,24). The Balaban J connectivity index is 2.14. The highest BCUT2D eigenvalue weighted by Gasteiger charge is 2.33. The third-order valence-corrected chi connectivity index (χ3v) is 4.39. The molecule has 1 aliphatic rings. The summed E-state index contributed by atoms with van der Waals surface area (Å²) in [6, 6.07) is 6.97. The van der Waals surface area contributed by atoms with Crippen LogP contribution in [-0.2, 0) is 11.0 Å². The molecule has 0 aromatic heterocycles. The first-order chi connectivity index (χ1) is 11.3. The molecule has 0 radical (unpaired) electrons. The maximum Gasteiger partial charge on any atom is 0.416 e. The number of nitrogens with zero attached hydrogens (tertiary/aromatic N) is 2. The molecule has 1 fully saturated rings. The van der Waals surface area contributed by atoms with Crippen molar-refractivity contribution in [1.82, 2.24) is 10.2 Å². The zero-order valence-electron chi connectivity index (χ0n) is 13.4. The van der Waals surface area contributed by atoms with Gasteiger partial charge in [0.05, 0.1) is 11.6 Å². The number of benzene rings is 1. The van der Waals surface area contributed by atoms with Crippen molar-refractivity contribution in [2.24, 2.45) is 5.92 Å². The predicted molar refractivity (Wildman–Crippen MR) is 82.8 cm³/mol. The second-order valence-corrected chi connectivity index (χ2v) is 6.09. The lowest BCUT2D eigenvalue weighted by atomic mass is 9.84. The van der Waals surface area contributed by atoms with Gasteiger partial charge in [-0.2, -0.15) is 18.4 Å². The van der Waals surface area contributed by atoms with Crippen molar-refractivity contribution in [3.8, 4) is 6.07 Å². The smallest absolute Gasteiger partial charge is 0.355 e. The van der Waals surface area contributed by atoms with Crippen LogP contribution < -0.4 is 5.32 Å². The summed E-state index contributed by atoms with van der Waals surface area (Å²) in [4.78, 5) is 13.6. The Morgan fingerprint density at radius 3 is 2.62 bits per heavy atom. The average molecular weight is 339 g/mol. The van der Waals surface area contributed by atoms with Gasteiger partial charge in [-0.1, -0.05) is 12.1 Å². The van der Waals surface area contributed by atoms with E-state index in [0.717, 1.165) is 37.1 Å². The number of nitrogens with one attached hydrogen (secondary N) is 1. The number of rotatable bonds is 4. The fraction of sp³-hybridized carbons (Fsp3) is 0.529. The minimum absolute atomic E-state index is 0.0524. The Morgan fingerprint density at radius 1 is 1.38 bits per heavy atom. The van der Waals surface area contributed by atoms with Crippen LogP contribution in [0.15, 0.2) is 24.3 Å². The first kappa shape index (κ1) is 18.3. The van der Waals surface area contributed by atoms with Crippen LogP contribution in [0, 0.1) is 17.2 Å². The van der Waals surface area contributed by atoms with E-state index in [0.29, 0.717) is 6.54 Å². The van der Waals surface area contributed by atoms with Gasteiger partial charge in [0.25, 0.3) is 0 Å². The largest absolute Gasteiger partial charge is 0.416 e. The van der Waals surface area contributed by atoms with E-state index in [9.17, 15) is 18.0 Å². The Bertz CT molecular complexity index is 607. The summed E-state index contributed by atoms with van der Waals surface area (Å²) in [5.41, 5.74) is 0.147. The van der Waals surface area contributed by atoms with E-state index in [4.69, 9.17) is 5.26 Å². The number of hydrogen-bond acceptors (Lipinski definition) is 3. The van der Waals surface area contributed by atoms with Crippen LogP contribution in [0.2, 0.25) is 0 Å². The summed E-state index contributed by atoms with van der Waals surface area (Å²) >= 11 is 0. The Morgan fingerprint density at radius 2 is 2.04 bits per heavy atom. The summed E-state index contributed by atoms with van der Waals surface area (Å²) in [5.74, 6) is -0.222. The second-order valence-electron chi connectivity index (χ2n) is 6.09. The number of halogens is 3. The van der Waals surface area contributed by atoms with Gasteiger partial charge < -0.3 is 5.32 Å². The number of likely N-dealkylation sites (tertiary alicyclic amines) is 1. The maximum absolute atomic E-state index is 12.7. The molecule has 1 N–H and O–H groups in total. The fourth-order valence-electron chi connectivity index (χ4n) is 3.25. The number of hydrogen-bond donors (Lipinski definition) is 1. The Kier molecular flexibility index (Phi) is 5.84. The lowest BCUT2D eigenvalue weighted by molar-refractivity contribution is -0.137. The van der Waals surface area contributed by atoms with Gasteiger partial charge >= 0.3 is 6.18 Å². The van der Waals surface area contributed by atoms with Crippen LogP contribution in [0.5, 0.6) is 0 Å². The van der Waals surface area contributed by atoms with Crippen LogP contribution in [0.1, 0.15) is 36.4 Å². The molecule has 4 nitrogen and oxygen atoms in total. The highest BCUT2D eigenvalue weighted by atomic mass is 19.4. The molecule has 1 aromatic carbocycles. The highest BCUT2D eigenvalue weighted by molar-refractivity contribution is 5.77. The first-order valence-electron chi connectivity index (χ1n) is 7.84. The molecule has 2 unspecified atom stereocenters. The zero-order valence-corrected chi connectivity index (χ0v) is 13.4. The number of nitriles is 1. The van der Waals surface area contributed by atoms with Gasteiger partial charge in [-0.05, 0) is 50.0 Å². The normalized spacial score (nSPS) is 22.0. The monoisotopic (exact) mass is 339 g/mol. The molecule has 1 saturated heterocycles. The Labute approximate surface area is 139 Å². The molecule has 7 heteroatoms. The topological polar surface area (TPSA) is 56.1 Å². The molecule has 0 spiro atoms. The zero-order chi connectivity index (χ0) is 17.7. The lowest BCUT2D eigenvalue weighted by Gasteiger charge is -2.39. The average Bonchev–Trinajstić information content (AvgIpc) is 2.52. The summed E-state index contributed by atoms with van der Waals surface area (Å²) < 4.78 is 38.1. The number of amides is 1.